The van der Waals surface area contributed by atoms with Crippen LogP contribution in [0.1, 0.15) is 45.4 Å². The van der Waals surface area contributed by atoms with Crippen molar-refractivity contribution in [2.24, 2.45) is 0 Å². The van der Waals surface area contributed by atoms with Crippen molar-refractivity contribution in [1.29, 1.82) is 5.26 Å². The van der Waals surface area contributed by atoms with E-state index in [0.717, 1.165) is 19.5 Å². The molecule has 3 nitrogen and oxygen atoms in total. The SMILES string of the molecule is CCC(C#N)N(CC1CCCCN1)C1CC1. The molecule has 1 aliphatic heterocycles. The van der Waals surface area contributed by atoms with Crippen molar-refractivity contribution in [3.8, 4) is 6.07 Å². The van der Waals surface area contributed by atoms with Crippen LogP contribution < -0.4 is 5.32 Å². The molecule has 1 saturated heterocycles. The largest absolute Gasteiger partial charge is 0.313 e. The van der Waals surface area contributed by atoms with E-state index in [1.165, 1.54) is 32.1 Å². The Hall–Kier alpha value is -0.590. The molecule has 2 rings (SSSR count). The number of nitrogens with one attached hydrogen (secondary N) is 1. The zero-order chi connectivity index (χ0) is 11.4. The van der Waals surface area contributed by atoms with Gasteiger partial charge in [0.1, 0.15) is 0 Å². The monoisotopic (exact) mass is 221 g/mol. The summed E-state index contributed by atoms with van der Waals surface area (Å²) in [6.07, 6.45) is 7.50. The van der Waals surface area contributed by atoms with Gasteiger partial charge in [0.15, 0.2) is 0 Å². The van der Waals surface area contributed by atoms with Crippen molar-refractivity contribution < 1.29 is 0 Å². The quantitative estimate of drug-likeness (QED) is 0.770. The number of rotatable bonds is 5. The summed E-state index contributed by atoms with van der Waals surface area (Å²) < 4.78 is 0. The predicted octanol–water partition coefficient (Wildman–Crippen LogP) is 1.90. The summed E-state index contributed by atoms with van der Waals surface area (Å²) in [6.45, 7) is 4.36. The van der Waals surface area contributed by atoms with E-state index in [1.807, 2.05) is 0 Å². The Kier molecular flexibility index (Phi) is 4.20. The Bertz CT molecular complexity index is 248. The zero-order valence-electron chi connectivity index (χ0n) is 10.3. The molecule has 0 radical (unpaired) electrons. The Morgan fingerprint density at radius 1 is 1.38 bits per heavy atom. The molecule has 1 N–H and O–H groups in total. The topological polar surface area (TPSA) is 39.1 Å². The summed E-state index contributed by atoms with van der Waals surface area (Å²) in [6, 6.07) is 3.92. The van der Waals surface area contributed by atoms with Crippen LogP contribution in [0.25, 0.3) is 0 Å². The highest BCUT2D eigenvalue weighted by Crippen LogP contribution is 2.30. The van der Waals surface area contributed by atoms with Crippen molar-refractivity contribution in [2.75, 3.05) is 13.1 Å². The van der Waals surface area contributed by atoms with E-state index < -0.39 is 0 Å². The lowest BCUT2D eigenvalue weighted by molar-refractivity contribution is 0.182. The van der Waals surface area contributed by atoms with Crippen molar-refractivity contribution in [3.63, 3.8) is 0 Å². The molecule has 2 aliphatic rings. The molecule has 0 aromatic carbocycles. The molecule has 0 amide bonds. The van der Waals surface area contributed by atoms with Crippen LogP contribution in [0.4, 0.5) is 0 Å². The molecular weight excluding hydrogens is 198 g/mol. The molecule has 1 heterocycles. The molecule has 2 atom stereocenters. The molecule has 1 saturated carbocycles. The number of hydrogen-bond donors (Lipinski definition) is 1. The number of piperidine rings is 1. The predicted molar refractivity (Wildman–Crippen MR) is 65.1 cm³/mol. The average Bonchev–Trinajstić information content (AvgIpc) is 3.14. The van der Waals surface area contributed by atoms with E-state index in [9.17, 15) is 5.26 Å². The first-order valence-electron chi connectivity index (χ1n) is 6.74. The Balaban J connectivity index is 1.89. The van der Waals surface area contributed by atoms with Gasteiger partial charge in [-0.15, -0.1) is 0 Å². The van der Waals surface area contributed by atoms with Crippen LogP contribution in [-0.4, -0.2) is 36.1 Å². The molecule has 16 heavy (non-hydrogen) atoms. The van der Waals surface area contributed by atoms with Crippen LogP contribution in [0, 0.1) is 11.3 Å². The third-order valence-electron chi connectivity index (χ3n) is 3.80. The van der Waals surface area contributed by atoms with E-state index in [4.69, 9.17) is 0 Å². The first-order chi connectivity index (χ1) is 7.85. The second-order valence-corrected chi connectivity index (χ2v) is 5.13. The fourth-order valence-electron chi connectivity index (χ4n) is 2.67. The molecule has 90 valence electrons. The fourth-order valence-corrected chi connectivity index (χ4v) is 2.67. The van der Waals surface area contributed by atoms with Gasteiger partial charge in [-0.3, -0.25) is 4.90 Å². The van der Waals surface area contributed by atoms with E-state index in [-0.39, 0.29) is 6.04 Å². The number of hydrogen-bond acceptors (Lipinski definition) is 3. The van der Waals surface area contributed by atoms with Crippen molar-refractivity contribution in [1.82, 2.24) is 10.2 Å². The highest BCUT2D eigenvalue weighted by molar-refractivity contribution is 4.99. The van der Waals surface area contributed by atoms with Gasteiger partial charge in [0, 0.05) is 18.6 Å². The second-order valence-electron chi connectivity index (χ2n) is 5.13. The molecule has 2 unspecified atom stereocenters. The van der Waals surface area contributed by atoms with Gasteiger partial charge < -0.3 is 5.32 Å². The Labute approximate surface area is 98.8 Å². The third-order valence-corrected chi connectivity index (χ3v) is 3.80. The summed E-state index contributed by atoms with van der Waals surface area (Å²) in [5.41, 5.74) is 0. The van der Waals surface area contributed by atoms with Crippen LogP contribution in [0.2, 0.25) is 0 Å². The molecule has 1 aliphatic carbocycles. The van der Waals surface area contributed by atoms with Crippen LogP contribution in [0.15, 0.2) is 0 Å². The van der Waals surface area contributed by atoms with Gasteiger partial charge in [-0.2, -0.15) is 5.26 Å². The van der Waals surface area contributed by atoms with Crippen LogP contribution >= 0.6 is 0 Å². The van der Waals surface area contributed by atoms with Crippen LogP contribution in [0.3, 0.4) is 0 Å². The third kappa shape index (κ3) is 2.96. The van der Waals surface area contributed by atoms with Gasteiger partial charge in [-0.05, 0) is 38.6 Å². The normalized spacial score (nSPS) is 27.7. The standard InChI is InChI=1S/C13H23N3/c1-2-12(9-14)16(13-6-7-13)10-11-5-3-4-8-15-11/h11-13,15H,2-8,10H2,1H3. The van der Waals surface area contributed by atoms with E-state index in [0.29, 0.717) is 12.1 Å². The highest BCUT2D eigenvalue weighted by atomic mass is 15.2. The highest BCUT2D eigenvalue weighted by Gasteiger charge is 2.34. The smallest absolute Gasteiger partial charge is 0.0978 e. The molecule has 0 aromatic heterocycles. The first-order valence-corrected chi connectivity index (χ1v) is 6.74. The second kappa shape index (κ2) is 5.65. The van der Waals surface area contributed by atoms with Gasteiger partial charge in [0.25, 0.3) is 0 Å². The number of nitrogens with zero attached hydrogens (tertiary/aromatic N) is 2. The van der Waals surface area contributed by atoms with Gasteiger partial charge in [-0.25, -0.2) is 0 Å². The maximum absolute atomic E-state index is 9.19. The molecule has 3 heteroatoms. The summed E-state index contributed by atoms with van der Waals surface area (Å²) in [5.74, 6) is 0. The minimum absolute atomic E-state index is 0.135. The summed E-state index contributed by atoms with van der Waals surface area (Å²) >= 11 is 0. The maximum Gasteiger partial charge on any atom is 0.0978 e. The Morgan fingerprint density at radius 3 is 2.69 bits per heavy atom. The number of nitriles is 1. The van der Waals surface area contributed by atoms with Crippen molar-refractivity contribution >= 4 is 0 Å². The van der Waals surface area contributed by atoms with E-state index in [1.54, 1.807) is 0 Å². The summed E-state index contributed by atoms with van der Waals surface area (Å²) in [4.78, 5) is 2.45. The summed E-state index contributed by atoms with van der Waals surface area (Å²) in [7, 11) is 0. The molecular formula is C13H23N3. The van der Waals surface area contributed by atoms with Crippen molar-refractivity contribution in [2.45, 2.75) is 63.6 Å². The Morgan fingerprint density at radius 2 is 2.19 bits per heavy atom. The first kappa shape index (κ1) is 11.9. The van der Waals surface area contributed by atoms with Gasteiger partial charge in [0.2, 0.25) is 0 Å². The van der Waals surface area contributed by atoms with Gasteiger partial charge >= 0.3 is 0 Å². The van der Waals surface area contributed by atoms with E-state index in [2.05, 4.69) is 23.2 Å². The average molecular weight is 221 g/mol. The zero-order valence-corrected chi connectivity index (χ0v) is 10.3. The summed E-state index contributed by atoms with van der Waals surface area (Å²) in [5, 5.41) is 12.8. The minimum atomic E-state index is 0.135. The molecule has 0 spiro atoms. The molecule has 0 aromatic rings. The molecule has 0 bridgehead atoms. The van der Waals surface area contributed by atoms with Gasteiger partial charge in [0.05, 0.1) is 12.1 Å². The fraction of sp³-hybridized carbons (Fsp3) is 0.923. The lowest BCUT2D eigenvalue weighted by Gasteiger charge is -2.33. The van der Waals surface area contributed by atoms with Gasteiger partial charge in [-0.1, -0.05) is 13.3 Å². The van der Waals surface area contributed by atoms with Crippen LogP contribution in [-0.2, 0) is 0 Å². The lowest BCUT2D eigenvalue weighted by Crippen LogP contribution is -2.47. The van der Waals surface area contributed by atoms with Crippen molar-refractivity contribution in [3.05, 3.63) is 0 Å². The maximum atomic E-state index is 9.19. The molecule has 2 fully saturated rings. The van der Waals surface area contributed by atoms with Crippen LogP contribution in [0.5, 0.6) is 0 Å². The lowest BCUT2D eigenvalue weighted by atomic mass is 10.0. The van der Waals surface area contributed by atoms with E-state index >= 15 is 0 Å². The minimum Gasteiger partial charge on any atom is -0.313 e.